The molecule has 1 fully saturated rings. The van der Waals surface area contributed by atoms with Crippen molar-refractivity contribution >= 4 is 80.4 Å². The summed E-state index contributed by atoms with van der Waals surface area (Å²) in [6.45, 7) is 0.575. The first kappa shape index (κ1) is 50.8. The van der Waals surface area contributed by atoms with Crippen molar-refractivity contribution < 1.29 is 80.8 Å². The molecule has 340 valence electrons. The molecule has 2 amide bonds. The first-order chi connectivity index (χ1) is 28.5. The van der Waals surface area contributed by atoms with Crippen LogP contribution in [0.15, 0.2) is 43.0 Å². The standard InChI is InChI=1S/C32H48N7O17P3S2/c1-32(2,27(43)30(44)35-11-10-22(41)34-12-13-61-23(60)14-20(40)9-8-19-6-4-3-5-7-19)16-53-59(50,51)56-58(48,49)52-15-21-26(55-57(45,46)47)25(42)31(54-21)39-18-38-24-28(33)36-17-37-29(24)39/h3-7,17-18,20-21,25-27,31,40,42-43H,8-16H2,1-2H3,(H,34,41)(H,35,44)(H,48,49)(H,50,51)(H2,33,36,37)(H2,45,46,47)/t20-,21-,25-,26-,27+,31-/m1/s1. The average Bonchev–Trinajstić information content (AvgIpc) is 3.74. The van der Waals surface area contributed by atoms with E-state index >= 15 is 0 Å². The third-order valence-corrected chi connectivity index (χ3v) is 13.3. The van der Waals surface area contributed by atoms with E-state index in [-0.39, 0.29) is 36.5 Å². The summed E-state index contributed by atoms with van der Waals surface area (Å²) < 4.78 is 62.9. The van der Waals surface area contributed by atoms with Gasteiger partial charge in [-0.2, -0.15) is 4.31 Å². The van der Waals surface area contributed by atoms with Crippen molar-refractivity contribution in [1.29, 1.82) is 0 Å². The number of aliphatic hydroxyl groups is 3. The quantitative estimate of drug-likeness (QED) is 0.0338. The number of nitrogens with zero attached hydrogens (tertiary/aromatic N) is 4. The Morgan fingerprint density at radius 3 is 2.41 bits per heavy atom. The minimum Gasteiger partial charge on any atom is -0.393 e. The zero-order valence-electron chi connectivity index (χ0n) is 32.6. The number of rotatable bonds is 24. The highest BCUT2D eigenvalue weighted by atomic mass is 32.2. The van der Waals surface area contributed by atoms with E-state index in [2.05, 4.69) is 34.4 Å². The number of ether oxygens (including phenoxy) is 1. The van der Waals surface area contributed by atoms with E-state index in [1.165, 1.54) is 25.6 Å². The van der Waals surface area contributed by atoms with E-state index in [4.69, 9.17) is 31.7 Å². The third kappa shape index (κ3) is 16.0. The average molecular weight is 960 g/mol. The molecule has 3 aromatic rings. The van der Waals surface area contributed by atoms with Crippen molar-refractivity contribution in [1.82, 2.24) is 30.2 Å². The summed E-state index contributed by atoms with van der Waals surface area (Å²) in [5.41, 5.74) is 5.39. The number of carbonyl (C=O) groups is 2. The summed E-state index contributed by atoms with van der Waals surface area (Å²) in [6.07, 6.45) is -5.88. The number of phosphoric acid groups is 3. The minimum atomic E-state index is -5.58. The number of aromatic nitrogens is 4. The molecule has 0 bridgehead atoms. The number of aryl methyl sites for hydroxylation is 1. The molecule has 29 heteroatoms. The lowest BCUT2D eigenvalue weighted by Crippen LogP contribution is -2.46. The smallest absolute Gasteiger partial charge is 0.393 e. The summed E-state index contributed by atoms with van der Waals surface area (Å²) in [6, 6.07) is 9.75. The van der Waals surface area contributed by atoms with E-state index in [0.29, 0.717) is 22.8 Å². The van der Waals surface area contributed by atoms with Gasteiger partial charge >= 0.3 is 23.5 Å². The van der Waals surface area contributed by atoms with E-state index in [9.17, 15) is 58.2 Å². The van der Waals surface area contributed by atoms with Crippen LogP contribution in [0.25, 0.3) is 11.2 Å². The molecule has 1 aliphatic rings. The van der Waals surface area contributed by atoms with Gasteiger partial charge < -0.3 is 56.0 Å². The Morgan fingerprint density at radius 1 is 1.03 bits per heavy atom. The predicted octanol–water partition coefficient (Wildman–Crippen LogP) is 0.849. The van der Waals surface area contributed by atoms with Crippen molar-refractivity contribution in [2.24, 2.45) is 5.41 Å². The number of nitrogens with one attached hydrogen (secondary N) is 2. The van der Waals surface area contributed by atoms with Crippen molar-refractivity contribution in [3.8, 4) is 0 Å². The molecular weight excluding hydrogens is 911 g/mol. The number of benzene rings is 1. The fraction of sp³-hybridized carbons (Fsp3) is 0.562. The van der Waals surface area contributed by atoms with Crippen LogP contribution in [0.1, 0.15) is 44.9 Å². The molecule has 61 heavy (non-hydrogen) atoms. The van der Waals surface area contributed by atoms with E-state index in [0.717, 1.165) is 29.2 Å². The second kappa shape index (κ2) is 22.2. The van der Waals surface area contributed by atoms with Crippen molar-refractivity contribution in [2.75, 3.05) is 37.8 Å². The summed E-state index contributed by atoms with van der Waals surface area (Å²) >= 11 is 6.66. The molecule has 3 heterocycles. The number of hydrogen-bond acceptors (Lipinski definition) is 19. The van der Waals surface area contributed by atoms with Gasteiger partial charge in [0.2, 0.25) is 11.8 Å². The Hall–Kier alpha value is -2.84. The molecule has 24 nitrogen and oxygen atoms in total. The molecule has 0 spiro atoms. The number of thiocarbonyl (C=S) groups is 1. The van der Waals surface area contributed by atoms with Gasteiger partial charge in [0, 0.05) is 37.1 Å². The molecule has 1 aromatic carbocycles. The summed E-state index contributed by atoms with van der Waals surface area (Å²) in [5.74, 6) is -0.966. The number of anilines is 1. The van der Waals surface area contributed by atoms with Gasteiger partial charge in [-0.15, -0.1) is 11.8 Å². The number of fused-ring (bicyclic) bond motifs is 1. The van der Waals surface area contributed by atoms with E-state index < -0.39 is 90.7 Å². The van der Waals surface area contributed by atoms with E-state index in [1.807, 2.05) is 30.3 Å². The molecular formula is C32H48N7O17P3S2. The molecule has 8 atom stereocenters. The van der Waals surface area contributed by atoms with Gasteiger partial charge in [-0.3, -0.25) is 27.7 Å². The fourth-order valence-corrected chi connectivity index (χ4v) is 9.64. The Morgan fingerprint density at radius 2 is 1.72 bits per heavy atom. The number of aliphatic hydroxyl groups excluding tert-OH is 3. The number of carbonyl (C=O) groups excluding carboxylic acids is 2. The largest absolute Gasteiger partial charge is 0.481 e. The highest BCUT2D eigenvalue weighted by Gasteiger charge is 2.50. The molecule has 2 aromatic heterocycles. The van der Waals surface area contributed by atoms with Crippen LogP contribution in [0.4, 0.5) is 5.82 Å². The van der Waals surface area contributed by atoms with Gasteiger partial charge in [0.25, 0.3) is 0 Å². The van der Waals surface area contributed by atoms with Crippen LogP contribution in [0.3, 0.4) is 0 Å². The van der Waals surface area contributed by atoms with Crippen LogP contribution < -0.4 is 16.4 Å². The van der Waals surface area contributed by atoms with Crippen molar-refractivity contribution in [2.45, 2.75) is 76.3 Å². The van der Waals surface area contributed by atoms with Crippen LogP contribution in [0.2, 0.25) is 0 Å². The zero-order valence-corrected chi connectivity index (χ0v) is 36.9. The number of amides is 2. The summed E-state index contributed by atoms with van der Waals surface area (Å²) in [7, 11) is -16.4. The first-order valence-electron chi connectivity index (χ1n) is 18.2. The number of thioether (sulfide) groups is 1. The monoisotopic (exact) mass is 959 g/mol. The molecule has 2 unspecified atom stereocenters. The van der Waals surface area contributed by atoms with Gasteiger partial charge in [-0.1, -0.05) is 56.4 Å². The molecule has 0 aliphatic carbocycles. The number of imidazole rings is 1. The number of nitrogen functional groups attached to an aromatic ring is 1. The van der Waals surface area contributed by atoms with Gasteiger partial charge in [-0.05, 0) is 18.4 Å². The maximum atomic E-state index is 12.7. The lowest BCUT2D eigenvalue weighted by Gasteiger charge is -2.30. The lowest BCUT2D eigenvalue weighted by atomic mass is 9.87. The highest BCUT2D eigenvalue weighted by molar-refractivity contribution is 8.23. The van der Waals surface area contributed by atoms with E-state index in [1.54, 1.807) is 0 Å². The number of hydrogen-bond donors (Lipinski definition) is 10. The Labute approximate surface area is 358 Å². The third-order valence-electron chi connectivity index (χ3n) is 8.78. The van der Waals surface area contributed by atoms with Gasteiger partial charge in [0.05, 0.1) is 29.8 Å². The number of nitrogens with two attached hydrogens (primary N) is 1. The molecule has 1 aliphatic heterocycles. The normalized spacial score (nSPS) is 21.3. The second-order valence-electron chi connectivity index (χ2n) is 14.2. The molecule has 11 N–H and O–H groups in total. The summed E-state index contributed by atoms with van der Waals surface area (Å²) in [5, 5.41) is 36.8. The maximum Gasteiger partial charge on any atom is 0.481 e. The van der Waals surface area contributed by atoms with Crippen molar-refractivity contribution in [3.63, 3.8) is 0 Å². The van der Waals surface area contributed by atoms with Crippen LogP contribution in [0, 0.1) is 5.41 Å². The van der Waals surface area contributed by atoms with Crippen molar-refractivity contribution in [3.05, 3.63) is 48.5 Å². The maximum absolute atomic E-state index is 12.7. The van der Waals surface area contributed by atoms with Crippen LogP contribution in [-0.4, -0.2) is 133 Å². The lowest BCUT2D eigenvalue weighted by molar-refractivity contribution is -0.137. The molecule has 1 saturated heterocycles. The molecule has 0 radical (unpaired) electrons. The fourth-order valence-electron chi connectivity index (χ4n) is 5.63. The van der Waals surface area contributed by atoms with Crippen LogP contribution in [-0.2, 0) is 52.3 Å². The van der Waals surface area contributed by atoms with Gasteiger partial charge in [-0.25, -0.2) is 28.6 Å². The highest BCUT2D eigenvalue weighted by Crippen LogP contribution is 2.61. The van der Waals surface area contributed by atoms with Gasteiger partial charge in [0.1, 0.15) is 36.3 Å². The summed E-state index contributed by atoms with van der Waals surface area (Å²) in [4.78, 5) is 76.0. The Kier molecular flexibility index (Phi) is 18.5. The SMILES string of the molecule is CC(C)(COP(=O)(O)OP(=O)(O)OC[C@H]1O[C@@H](n2cnc3c(N)ncnc32)[C@H](O)[C@@H]1OP(=O)(O)O)[C@@H](O)C(=O)NCCC(=O)NCCSC(=S)C[C@H](O)CCc1ccccc1. The van der Waals surface area contributed by atoms with Gasteiger partial charge in [0.15, 0.2) is 17.7 Å². The number of phosphoric ester groups is 3. The molecule has 0 saturated carbocycles. The predicted molar refractivity (Wildman–Crippen MR) is 220 cm³/mol. The Balaban J connectivity index is 1.17. The minimum absolute atomic E-state index is 0.0303. The van der Waals surface area contributed by atoms with Crippen LogP contribution in [0.5, 0.6) is 0 Å². The topological polar surface area (TPSA) is 367 Å². The Bertz CT molecular complexity index is 2120. The van der Waals surface area contributed by atoms with Crippen LogP contribution >= 0.6 is 47.4 Å². The zero-order chi connectivity index (χ0) is 45.2. The first-order valence-corrected chi connectivity index (χ1v) is 24.1. The molecule has 4 rings (SSSR count). The second-order valence-corrected chi connectivity index (χ2v) is 20.3.